The van der Waals surface area contributed by atoms with Gasteiger partial charge in [-0.1, -0.05) is 0 Å². The summed E-state index contributed by atoms with van der Waals surface area (Å²) in [6.07, 6.45) is -5.22. The number of hydrogen-bond acceptors (Lipinski definition) is 1. The SMILES string of the molecule is Cl.NC(CCc1cc(F)ccc1F)C(F)(F)F. The summed E-state index contributed by atoms with van der Waals surface area (Å²) in [5.41, 5.74) is 4.75. The molecule has 7 heteroatoms. The van der Waals surface area contributed by atoms with Crippen LogP contribution in [0.25, 0.3) is 0 Å². The van der Waals surface area contributed by atoms with Crippen LogP contribution in [0.1, 0.15) is 12.0 Å². The summed E-state index contributed by atoms with van der Waals surface area (Å²) in [5, 5.41) is 0. The standard InChI is InChI=1S/C10H10F5N.ClH/c11-7-2-3-8(12)6(5-7)1-4-9(16)10(13,14)15;/h2-3,5,9H,1,4,16H2;1H. The lowest BCUT2D eigenvalue weighted by molar-refractivity contribution is -0.148. The highest BCUT2D eigenvalue weighted by molar-refractivity contribution is 5.85. The third-order valence-corrected chi connectivity index (χ3v) is 2.15. The van der Waals surface area contributed by atoms with Crippen LogP contribution in [0.4, 0.5) is 22.0 Å². The van der Waals surface area contributed by atoms with Gasteiger partial charge in [-0.15, -0.1) is 12.4 Å². The lowest BCUT2D eigenvalue weighted by Gasteiger charge is -2.15. The molecule has 0 saturated heterocycles. The Bertz CT molecular complexity index is 366. The van der Waals surface area contributed by atoms with E-state index in [0.717, 1.165) is 18.2 Å². The van der Waals surface area contributed by atoms with Crippen LogP contribution in [0.5, 0.6) is 0 Å². The van der Waals surface area contributed by atoms with Crippen molar-refractivity contribution in [2.45, 2.75) is 25.1 Å². The van der Waals surface area contributed by atoms with Gasteiger partial charge in [0.05, 0.1) is 0 Å². The van der Waals surface area contributed by atoms with E-state index in [4.69, 9.17) is 5.73 Å². The normalized spacial score (nSPS) is 13.1. The molecule has 1 rings (SSSR count). The van der Waals surface area contributed by atoms with Crippen molar-refractivity contribution in [1.29, 1.82) is 0 Å². The highest BCUT2D eigenvalue weighted by atomic mass is 35.5. The van der Waals surface area contributed by atoms with E-state index in [2.05, 4.69) is 0 Å². The van der Waals surface area contributed by atoms with Crippen LogP contribution in [0.3, 0.4) is 0 Å². The predicted molar refractivity (Wildman–Crippen MR) is 56.0 cm³/mol. The van der Waals surface area contributed by atoms with Crippen LogP contribution in [-0.4, -0.2) is 12.2 Å². The molecule has 1 aromatic rings. The van der Waals surface area contributed by atoms with E-state index in [1.165, 1.54) is 0 Å². The summed E-state index contributed by atoms with van der Waals surface area (Å²) >= 11 is 0. The summed E-state index contributed by atoms with van der Waals surface area (Å²) < 4.78 is 61.8. The van der Waals surface area contributed by atoms with Crippen LogP contribution in [0.15, 0.2) is 18.2 Å². The number of rotatable bonds is 3. The fourth-order valence-electron chi connectivity index (χ4n) is 1.21. The molecule has 0 bridgehead atoms. The molecule has 0 aliphatic carbocycles. The molecule has 0 spiro atoms. The van der Waals surface area contributed by atoms with Gasteiger partial charge in [0.25, 0.3) is 0 Å². The summed E-state index contributed by atoms with van der Waals surface area (Å²) in [4.78, 5) is 0. The van der Waals surface area contributed by atoms with E-state index in [9.17, 15) is 22.0 Å². The van der Waals surface area contributed by atoms with Crippen molar-refractivity contribution >= 4 is 12.4 Å². The van der Waals surface area contributed by atoms with Crippen molar-refractivity contribution in [3.05, 3.63) is 35.4 Å². The molecule has 0 saturated carbocycles. The molecular formula is C10H11ClF5N. The van der Waals surface area contributed by atoms with E-state index in [1.54, 1.807) is 0 Å². The average molecular weight is 276 g/mol. The third kappa shape index (κ3) is 4.87. The van der Waals surface area contributed by atoms with Crippen molar-refractivity contribution in [2.75, 3.05) is 0 Å². The molecule has 17 heavy (non-hydrogen) atoms. The maximum Gasteiger partial charge on any atom is 0.403 e. The number of hydrogen-bond donors (Lipinski definition) is 1. The summed E-state index contributed by atoms with van der Waals surface area (Å²) in [5.74, 6) is -1.41. The minimum atomic E-state index is -4.51. The van der Waals surface area contributed by atoms with Gasteiger partial charge in [0, 0.05) is 0 Å². The van der Waals surface area contributed by atoms with Crippen LogP contribution >= 0.6 is 12.4 Å². The molecule has 0 aliphatic heterocycles. The van der Waals surface area contributed by atoms with Crippen LogP contribution in [-0.2, 0) is 6.42 Å². The summed E-state index contributed by atoms with van der Waals surface area (Å²) in [7, 11) is 0. The molecule has 0 fully saturated rings. The predicted octanol–water partition coefficient (Wildman–Crippen LogP) is 3.21. The fourth-order valence-corrected chi connectivity index (χ4v) is 1.21. The van der Waals surface area contributed by atoms with Crippen molar-refractivity contribution in [3.63, 3.8) is 0 Å². The van der Waals surface area contributed by atoms with Gasteiger partial charge < -0.3 is 5.73 Å². The molecule has 0 amide bonds. The van der Waals surface area contributed by atoms with E-state index in [-0.39, 0.29) is 24.4 Å². The average Bonchev–Trinajstić information content (AvgIpc) is 2.17. The highest BCUT2D eigenvalue weighted by Crippen LogP contribution is 2.22. The number of nitrogens with two attached hydrogens (primary N) is 1. The van der Waals surface area contributed by atoms with Crippen molar-refractivity contribution < 1.29 is 22.0 Å². The first-order valence-electron chi connectivity index (χ1n) is 4.57. The molecule has 0 radical (unpaired) electrons. The Balaban J connectivity index is 0.00000256. The summed E-state index contributed by atoms with van der Waals surface area (Å²) in [6, 6.07) is 0.639. The Morgan fingerprint density at radius 3 is 2.29 bits per heavy atom. The highest BCUT2D eigenvalue weighted by Gasteiger charge is 2.36. The first-order valence-corrected chi connectivity index (χ1v) is 4.57. The van der Waals surface area contributed by atoms with Gasteiger partial charge in [-0.05, 0) is 36.6 Å². The second-order valence-corrected chi connectivity index (χ2v) is 3.42. The second kappa shape index (κ2) is 6.16. The molecular weight excluding hydrogens is 265 g/mol. The van der Waals surface area contributed by atoms with Crippen molar-refractivity contribution in [3.8, 4) is 0 Å². The van der Waals surface area contributed by atoms with Crippen LogP contribution in [0, 0.1) is 11.6 Å². The van der Waals surface area contributed by atoms with Gasteiger partial charge in [0.1, 0.15) is 17.7 Å². The van der Waals surface area contributed by atoms with Gasteiger partial charge in [-0.2, -0.15) is 13.2 Å². The molecule has 0 aromatic heterocycles. The smallest absolute Gasteiger partial charge is 0.320 e. The van der Waals surface area contributed by atoms with Gasteiger partial charge in [-0.25, -0.2) is 8.78 Å². The lowest BCUT2D eigenvalue weighted by Crippen LogP contribution is -2.37. The van der Waals surface area contributed by atoms with E-state index >= 15 is 0 Å². The molecule has 98 valence electrons. The van der Waals surface area contributed by atoms with Gasteiger partial charge in [0.15, 0.2) is 0 Å². The zero-order valence-corrected chi connectivity index (χ0v) is 9.42. The number of halogens is 6. The summed E-state index contributed by atoms with van der Waals surface area (Å²) in [6.45, 7) is 0. The Morgan fingerprint density at radius 2 is 1.76 bits per heavy atom. The maximum absolute atomic E-state index is 13.0. The molecule has 0 aliphatic rings. The van der Waals surface area contributed by atoms with Gasteiger partial charge in [0.2, 0.25) is 0 Å². The van der Waals surface area contributed by atoms with Crippen LogP contribution < -0.4 is 5.73 Å². The third-order valence-electron chi connectivity index (χ3n) is 2.15. The first-order chi connectivity index (χ1) is 7.30. The molecule has 1 unspecified atom stereocenters. The molecule has 1 aromatic carbocycles. The molecule has 2 N–H and O–H groups in total. The Morgan fingerprint density at radius 1 is 1.18 bits per heavy atom. The van der Waals surface area contributed by atoms with E-state index in [1.807, 2.05) is 0 Å². The van der Waals surface area contributed by atoms with E-state index in [0.29, 0.717) is 0 Å². The second-order valence-electron chi connectivity index (χ2n) is 3.42. The zero-order chi connectivity index (χ0) is 12.3. The molecule has 1 nitrogen and oxygen atoms in total. The van der Waals surface area contributed by atoms with E-state index < -0.39 is 30.3 Å². The molecule has 0 heterocycles. The Hall–Kier alpha value is -0.880. The first kappa shape index (κ1) is 16.1. The minimum absolute atomic E-state index is 0. The number of aryl methyl sites for hydroxylation is 1. The van der Waals surface area contributed by atoms with Crippen LogP contribution in [0.2, 0.25) is 0 Å². The largest absolute Gasteiger partial charge is 0.403 e. The van der Waals surface area contributed by atoms with Gasteiger partial charge >= 0.3 is 6.18 Å². The zero-order valence-electron chi connectivity index (χ0n) is 8.60. The fraction of sp³-hybridized carbons (Fsp3) is 0.400. The van der Waals surface area contributed by atoms with Crippen molar-refractivity contribution in [1.82, 2.24) is 0 Å². The maximum atomic E-state index is 13.0. The number of benzene rings is 1. The quantitative estimate of drug-likeness (QED) is 0.842. The monoisotopic (exact) mass is 275 g/mol. The topological polar surface area (TPSA) is 26.0 Å². The molecule has 1 atom stereocenters. The van der Waals surface area contributed by atoms with Crippen molar-refractivity contribution in [2.24, 2.45) is 5.73 Å². The van der Waals surface area contributed by atoms with Gasteiger partial charge in [-0.3, -0.25) is 0 Å². The minimum Gasteiger partial charge on any atom is -0.320 e. The lowest BCUT2D eigenvalue weighted by atomic mass is 10.0. The Labute approximate surface area is 101 Å². The Kier molecular flexibility index (Phi) is 5.84. The number of alkyl halides is 3.